The molecular weight excluding hydrogens is 188 g/mol. The summed E-state index contributed by atoms with van der Waals surface area (Å²) in [5.41, 5.74) is 1.17. The molecule has 0 saturated carbocycles. The topological polar surface area (TPSA) is 26.7 Å². The molecular formula is C12H20N2O. The van der Waals surface area contributed by atoms with Gasteiger partial charge < -0.3 is 10.0 Å². The van der Waals surface area contributed by atoms with E-state index in [2.05, 4.69) is 35.1 Å². The van der Waals surface area contributed by atoms with Crippen LogP contribution in [0.3, 0.4) is 0 Å². The van der Waals surface area contributed by atoms with Gasteiger partial charge in [-0.3, -0.25) is 4.90 Å². The Morgan fingerprint density at radius 3 is 2.73 bits per heavy atom. The van der Waals surface area contributed by atoms with Gasteiger partial charge in [-0.15, -0.1) is 0 Å². The van der Waals surface area contributed by atoms with E-state index in [0.717, 1.165) is 32.6 Å². The number of piperazine rings is 1. The normalized spacial score (nSPS) is 29.2. The molecule has 2 rings (SSSR count). The van der Waals surface area contributed by atoms with Crippen molar-refractivity contribution in [2.45, 2.75) is 12.5 Å². The molecule has 1 fully saturated rings. The summed E-state index contributed by atoms with van der Waals surface area (Å²) in [6, 6.07) is 0.439. The van der Waals surface area contributed by atoms with Crippen molar-refractivity contribution in [2.75, 3.05) is 39.8 Å². The van der Waals surface area contributed by atoms with E-state index in [1.165, 1.54) is 5.57 Å². The third-order valence-electron chi connectivity index (χ3n) is 3.39. The maximum atomic E-state index is 9.30. The number of hydrogen-bond acceptors (Lipinski definition) is 3. The minimum atomic E-state index is 0.196. The third-order valence-corrected chi connectivity index (χ3v) is 3.39. The quantitative estimate of drug-likeness (QED) is 0.715. The molecule has 0 aromatic rings. The zero-order valence-electron chi connectivity index (χ0n) is 9.39. The summed E-state index contributed by atoms with van der Waals surface area (Å²) in [5.74, 6) is 0. The molecule has 0 radical (unpaired) electrons. The fourth-order valence-corrected chi connectivity index (χ4v) is 2.34. The molecule has 1 N–H and O–H groups in total. The maximum absolute atomic E-state index is 9.30. The van der Waals surface area contributed by atoms with Gasteiger partial charge in [-0.05, 0) is 19.0 Å². The molecule has 1 unspecified atom stereocenters. The first kappa shape index (κ1) is 10.9. The Labute approximate surface area is 91.7 Å². The monoisotopic (exact) mass is 208 g/mol. The van der Waals surface area contributed by atoms with Crippen molar-refractivity contribution in [3.63, 3.8) is 0 Å². The van der Waals surface area contributed by atoms with E-state index >= 15 is 0 Å². The molecule has 15 heavy (non-hydrogen) atoms. The van der Waals surface area contributed by atoms with Crippen LogP contribution in [0.15, 0.2) is 23.8 Å². The Balaban J connectivity index is 1.98. The molecule has 1 atom stereocenters. The lowest BCUT2D eigenvalue weighted by molar-refractivity contribution is 0.119. The van der Waals surface area contributed by atoms with Gasteiger partial charge >= 0.3 is 0 Å². The van der Waals surface area contributed by atoms with Gasteiger partial charge in [0.1, 0.15) is 0 Å². The number of aliphatic hydroxyl groups excluding tert-OH is 1. The summed E-state index contributed by atoms with van der Waals surface area (Å²) in [7, 11) is 2.17. The summed E-state index contributed by atoms with van der Waals surface area (Å²) in [6.07, 6.45) is 7.36. The van der Waals surface area contributed by atoms with E-state index in [9.17, 15) is 5.11 Å². The molecule has 0 aromatic heterocycles. The van der Waals surface area contributed by atoms with Crippen molar-refractivity contribution in [3.05, 3.63) is 23.8 Å². The van der Waals surface area contributed by atoms with Gasteiger partial charge in [-0.2, -0.15) is 0 Å². The van der Waals surface area contributed by atoms with E-state index in [1.807, 2.05) is 0 Å². The number of aliphatic hydroxyl groups is 1. The number of nitrogens with zero attached hydrogens (tertiary/aromatic N) is 2. The van der Waals surface area contributed by atoms with Crippen molar-refractivity contribution in [2.24, 2.45) is 0 Å². The zero-order chi connectivity index (χ0) is 10.7. The van der Waals surface area contributed by atoms with Gasteiger partial charge in [0.15, 0.2) is 0 Å². The smallest absolute Gasteiger partial charge is 0.0660 e. The maximum Gasteiger partial charge on any atom is 0.0660 e. The molecule has 0 spiro atoms. The van der Waals surface area contributed by atoms with E-state index in [4.69, 9.17) is 0 Å². The lowest BCUT2D eigenvalue weighted by atomic mass is 9.97. The summed E-state index contributed by atoms with van der Waals surface area (Å²) >= 11 is 0. The van der Waals surface area contributed by atoms with Crippen LogP contribution in [0, 0.1) is 0 Å². The van der Waals surface area contributed by atoms with Gasteiger partial charge in [0, 0.05) is 32.2 Å². The highest BCUT2D eigenvalue weighted by Gasteiger charge is 2.24. The van der Waals surface area contributed by atoms with Crippen LogP contribution in [0.25, 0.3) is 0 Å². The molecule has 3 nitrogen and oxygen atoms in total. The minimum Gasteiger partial charge on any atom is -0.392 e. The summed E-state index contributed by atoms with van der Waals surface area (Å²) in [4.78, 5) is 4.85. The Morgan fingerprint density at radius 2 is 2.07 bits per heavy atom. The molecule has 84 valence electrons. The average Bonchev–Trinajstić information content (AvgIpc) is 2.30. The standard InChI is InChI=1S/C12H20N2O/c1-13-6-8-14(9-7-13)12-5-3-2-4-11(12)10-15/h2-4,12,15H,5-10H2,1H3. The number of allylic oxidation sites excluding steroid dienone is 2. The van der Waals surface area contributed by atoms with E-state index in [1.54, 1.807) is 0 Å². The summed E-state index contributed by atoms with van der Waals surface area (Å²) < 4.78 is 0. The van der Waals surface area contributed by atoms with Gasteiger partial charge in [0.2, 0.25) is 0 Å². The van der Waals surface area contributed by atoms with Gasteiger partial charge in [0.25, 0.3) is 0 Å². The van der Waals surface area contributed by atoms with Crippen molar-refractivity contribution in [3.8, 4) is 0 Å². The highest BCUT2D eigenvalue weighted by atomic mass is 16.3. The second-order valence-electron chi connectivity index (χ2n) is 4.42. The molecule has 2 aliphatic rings. The van der Waals surface area contributed by atoms with Crippen LogP contribution >= 0.6 is 0 Å². The molecule has 0 aromatic carbocycles. The van der Waals surface area contributed by atoms with Crippen LogP contribution in [0.5, 0.6) is 0 Å². The predicted molar refractivity (Wildman–Crippen MR) is 61.8 cm³/mol. The van der Waals surface area contributed by atoms with Gasteiger partial charge in [0.05, 0.1) is 6.61 Å². The minimum absolute atomic E-state index is 0.196. The van der Waals surface area contributed by atoms with Crippen LogP contribution in [0.4, 0.5) is 0 Å². The first-order valence-corrected chi connectivity index (χ1v) is 5.70. The first-order chi connectivity index (χ1) is 7.31. The van der Waals surface area contributed by atoms with Crippen LogP contribution in [0.1, 0.15) is 6.42 Å². The fraction of sp³-hybridized carbons (Fsp3) is 0.667. The van der Waals surface area contributed by atoms with Crippen molar-refractivity contribution in [1.29, 1.82) is 0 Å². The second-order valence-corrected chi connectivity index (χ2v) is 4.42. The Bertz CT molecular complexity index is 265. The van der Waals surface area contributed by atoms with E-state index in [-0.39, 0.29) is 6.61 Å². The van der Waals surface area contributed by atoms with Crippen LogP contribution in [-0.2, 0) is 0 Å². The molecule has 1 heterocycles. The van der Waals surface area contributed by atoms with E-state index in [0.29, 0.717) is 6.04 Å². The van der Waals surface area contributed by atoms with Gasteiger partial charge in [-0.25, -0.2) is 0 Å². The molecule has 1 aliphatic heterocycles. The SMILES string of the molecule is CN1CCN(C2CC=CC=C2CO)CC1. The van der Waals surface area contributed by atoms with Crippen LogP contribution in [0.2, 0.25) is 0 Å². The van der Waals surface area contributed by atoms with Gasteiger partial charge in [-0.1, -0.05) is 18.2 Å². The molecule has 3 heteroatoms. The molecule has 0 bridgehead atoms. The highest BCUT2D eigenvalue weighted by molar-refractivity contribution is 5.24. The molecule has 0 amide bonds. The second kappa shape index (κ2) is 4.92. The van der Waals surface area contributed by atoms with Crippen LogP contribution < -0.4 is 0 Å². The zero-order valence-corrected chi connectivity index (χ0v) is 9.39. The van der Waals surface area contributed by atoms with E-state index < -0.39 is 0 Å². The third kappa shape index (κ3) is 2.48. The summed E-state index contributed by atoms with van der Waals surface area (Å²) in [5, 5.41) is 9.30. The number of hydrogen-bond donors (Lipinski definition) is 1. The largest absolute Gasteiger partial charge is 0.392 e. The lowest BCUT2D eigenvalue weighted by Gasteiger charge is -2.39. The predicted octanol–water partition coefficient (Wildman–Crippen LogP) is 0.481. The van der Waals surface area contributed by atoms with Crippen molar-refractivity contribution >= 4 is 0 Å². The number of rotatable bonds is 2. The Hall–Kier alpha value is -0.640. The fourth-order valence-electron chi connectivity index (χ4n) is 2.34. The molecule has 1 aliphatic carbocycles. The first-order valence-electron chi connectivity index (χ1n) is 5.70. The number of likely N-dealkylation sites (N-methyl/N-ethyl adjacent to an activating group) is 1. The Morgan fingerprint density at radius 1 is 1.33 bits per heavy atom. The van der Waals surface area contributed by atoms with Crippen molar-refractivity contribution < 1.29 is 5.11 Å². The highest BCUT2D eigenvalue weighted by Crippen LogP contribution is 2.20. The van der Waals surface area contributed by atoms with Crippen molar-refractivity contribution in [1.82, 2.24) is 9.80 Å². The lowest BCUT2D eigenvalue weighted by Crippen LogP contribution is -2.50. The Kier molecular flexibility index (Phi) is 3.57. The molecule has 1 saturated heterocycles. The van der Waals surface area contributed by atoms with Crippen LogP contribution in [-0.4, -0.2) is 60.8 Å². The average molecular weight is 208 g/mol. The summed E-state index contributed by atoms with van der Waals surface area (Å²) in [6.45, 7) is 4.71.